The van der Waals surface area contributed by atoms with E-state index in [0.29, 0.717) is 24.2 Å². The summed E-state index contributed by atoms with van der Waals surface area (Å²) < 4.78 is 5.11. The number of likely N-dealkylation sites (N-methyl/N-ethyl adjacent to an activating group) is 1. The molecule has 3 rings (SSSR count). The molecule has 0 saturated carbocycles. The fraction of sp³-hybridized carbons (Fsp3) is 0.333. The minimum atomic E-state index is -0.817. The average molecular weight is 424 g/mol. The fourth-order valence-corrected chi connectivity index (χ4v) is 3.70. The van der Waals surface area contributed by atoms with Gasteiger partial charge in [0.2, 0.25) is 0 Å². The largest absolute Gasteiger partial charge is 0.507 e. The average Bonchev–Trinajstić information content (AvgIpc) is 3.01. The van der Waals surface area contributed by atoms with E-state index in [0.717, 1.165) is 12.0 Å². The van der Waals surface area contributed by atoms with Gasteiger partial charge in [-0.25, -0.2) is 0 Å². The van der Waals surface area contributed by atoms with Crippen LogP contribution in [0.4, 0.5) is 0 Å². The quantitative estimate of drug-likeness (QED) is 0.404. The number of rotatable bonds is 7. The lowest BCUT2D eigenvalue weighted by Gasteiger charge is -2.26. The van der Waals surface area contributed by atoms with E-state index < -0.39 is 17.7 Å². The van der Waals surface area contributed by atoms with Crippen LogP contribution in [0.1, 0.15) is 29.7 Å². The van der Waals surface area contributed by atoms with Crippen LogP contribution in [0.15, 0.2) is 48.0 Å². The number of carbonyl (C=O) groups is 2. The molecule has 1 heterocycles. The highest BCUT2D eigenvalue weighted by Gasteiger charge is 2.46. The van der Waals surface area contributed by atoms with Gasteiger partial charge in [-0.05, 0) is 43.8 Å². The van der Waals surface area contributed by atoms with Gasteiger partial charge in [-0.1, -0.05) is 37.3 Å². The summed E-state index contributed by atoms with van der Waals surface area (Å²) >= 11 is 0. The molecule has 0 radical (unpaired) electrons. The summed E-state index contributed by atoms with van der Waals surface area (Å²) in [5.74, 6) is -1.46. The van der Waals surface area contributed by atoms with Gasteiger partial charge in [-0.3, -0.25) is 9.59 Å². The van der Waals surface area contributed by atoms with Crippen molar-refractivity contribution in [2.45, 2.75) is 19.4 Å². The third kappa shape index (κ3) is 4.41. The number of carbonyl (C=O) groups excluding carboxylic acids is 2. The van der Waals surface area contributed by atoms with Crippen molar-refractivity contribution < 1.29 is 24.5 Å². The lowest BCUT2D eigenvalue weighted by Crippen LogP contribution is -2.35. The van der Waals surface area contributed by atoms with Crippen molar-refractivity contribution in [3.05, 3.63) is 64.7 Å². The standard InChI is InChI=1S/C24H28N2O5/c1-5-15-6-8-16(9-7-15)22(28)20-21(17-10-11-19(31-4)18(27)14-17)26(13-12-25(2)3)24(30)23(20)29/h6-11,14,21,27-28H,5,12-13H2,1-4H3/b22-20-. The van der Waals surface area contributed by atoms with Crippen molar-refractivity contribution in [1.29, 1.82) is 0 Å². The molecule has 1 fully saturated rings. The highest BCUT2D eigenvalue weighted by atomic mass is 16.5. The number of hydrogen-bond donors (Lipinski definition) is 2. The number of phenols is 1. The minimum Gasteiger partial charge on any atom is -0.507 e. The molecule has 31 heavy (non-hydrogen) atoms. The summed E-state index contributed by atoms with van der Waals surface area (Å²) in [6, 6.07) is 11.1. The first-order valence-corrected chi connectivity index (χ1v) is 10.2. The van der Waals surface area contributed by atoms with Gasteiger partial charge in [0.05, 0.1) is 18.7 Å². The number of methoxy groups -OCH3 is 1. The summed E-state index contributed by atoms with van der Waals surface area (Å²) in [6.07, 6.45) is 0.848. The molecule has 0 aromatic heterocycles. The van der Waals surface area contributed by atoms with Crippen LogP contribution in [0.3, 0.4) is 0 Å². The molecule has 2 aromatic rings. The van der Waals surface area contributed by atoms with Gasteiger partial charge in [0.25, 0.3) is 11.7 Å². The zero-order valence-corrected chi connectivity index (χ0v) is 18.3. The molecular formula is C24H28N2O5. The number of benzene rings is 2. The topological polar surface area (TPSA) is 90.3 Å². The molecule has 2 N–H and O–H groups in total. The predicted molar refractivity (Wildman–Crippen MR) is 118 cm³/mol. The summed E-state index contributed by atoms with van der Waals surface area (Å²) in [7, 11) is 5.19. The van der Waals surface area contributed by atoms with E-state index in [1.54, 1.807) is 24.3 Å². The molecule has 1 amide bonds. The van der Waals surface area contributed by atoms with Crippen LogP contribution >= 0.6 is 0 Å². The second kappa shape index (κ2) is 9.22. The second-order valence-electron chi connectivity index (χ2n) is 7.78. The van der Waals surface area contributed by atoms with Crippen LogP contribution in [-0.2, 0) is 16.0 Å². The molecule has 1 unspecified atom stereocenters. The number of hydrogen-bond acceptors (Lipinski definition) is 6. The van der Waals surface area contributed by atoms with Crippen molar-refractivity contribution in [2.24, 2.45) is 0 Å². The van der Waals surface area contributed by atoms with Gasteiger partial charge in [-0.2, -0.15) is 0 Å². The first-order chi connectivity index (χ1) is 14.8. The molecule has 0 aliphatic carbocycles. The van der Waals surface area contributed by atoms with Crippen molar-refractivity contribution in [3.63, 3.8) is 0 Å². The minimum absolute atomic E-state index is 0.0116. The Balaban J connectivity index is 2.14. The number of phenolic OH excluding ortho intramolecular Hbond substituents is 1. The van der Waals surface area contributed by atoms with Crippen LogP contribution in [0, 0.1) is 0 Å². The van der Waals surface area contributed by atoms with Gasteiger partial charge >= 0.3 is 0 Å². The number of nitrogens with zero attached hydrogens (tertiary/aromatic N) is 2. The Kier molecular flexibility index (Phi) is 6.65. The van der Waals surface area contributed by atoms with Crippen molar-refractivity contribution >= 4 is 17.4 Å². The van der Waals surface area contributed by atoms with E-state index in [2.05, 4.69) is 0 Å². The maximum absolute atomic E-state index is 13.0. The zero-order valence-electron chi connectivity index (χ0n) is 18.3. The number of aliphatic hydroxyl groups excluding tert-OH is 1. The number of likely N-dealkylation sites (tertiary alicyclic amines) is 1. The van der Waals surface area contributed by atoms with Crippen molar-refractivity contribution in [3.8, 4) is 11.5 Å². The molecule has 0 bridgehead atoms. The number of aryl methyl sites for hydroxylation is 1. The first kappa shape index (κ1) is 22.4. The number of aliphatic hydroxyl groups is 1. The summed E-state index contributed by atoms with van der Waals surface area (Å²) in [5.41, 5.74) is 2.09. The highest BCUT2D eigenvalue weighted by Crippen LogP contribution is 2.41. The third-order valence-corrected chi connectivity index (χ3v) is 5.48. The van der Waals surface area contributed by atoms with E-state index in [-0.39, 0.29) is 22.8 Å². The second-order valence-corrected chi connectivity index (χ2v) is 7.78. The van der Waals surface area contributed by atoms with E-state index in [4.69, 9.17) is 4.74 Å². The normalized spacial score (nSPS) is 18.1. The Bertz CT molecular complexity index is 1010. The molecule has 1 atom stereocenters. The molecule has 7 heteroatoms. The highest BCUT2D eigenvalue weighted by molar-refractivity contribution is 6.46. The van der Waals surface area contributed by atoms with Gasteiger partial charge < -0.3 is 24.7 Å². The lowest BCUT2D eigenvalue weighted by atomic mass is 9.94. The molecule has 2 aromatic carbocycles. The zero-order chi connectivity index (χ0) is 22.7. The molecular weight excluding hydrogens is 396 g/mol. The summed E-state index contributed by atoms with van der Waals surface area (Å²) in [5, 5.41) is 21.3. The SMILES string of the molecule is CCc1ccc(/C(O)=C2/C(=O)C(=O)N(CCN(C)C)C2c2ccc(OC)c(O)c2)cc1. The smallest absolute Gasteiger partial charge is 0.295 e. The van der Waals surface area contributed by atoms with Crippen LogP contribution in [0.2, 0.25) is 0 Å². The van der Waals surface area contributed by atoms with Gasteiger partial charge in [0.15, 0.2) is 11.5 Å². The van der Waals surface area contributed by atoms with Crippen LogP contribution < -0.4 is 4.74 Å². The molecule has 7 nitrogen and oxygen atoms in total. The number of ether oxygens (including phenoxy) is 1. The van der Waals surface area contributed by atoms with Gasteiger partial charge in [0.1, 0.15) is 5.76 Å². The Hall–Kier alpha value is -3.32. The Morgan fingerprint density at radius 1 is 1.13 bits per heavy atom. The van der Waals surface area contributed by atoms with Gasteiger partial charge in [-0.15, -0.1) is 0 Å². The fourth-order valence-electron chi connectivity index (χ4n) is 3.70. The Labute approximate surface area is 182 Å². The molecule has 1 aliphatic rings. The maximum Gasteiger partial charge on any atom is 0.295 e. The summed E-state index contributed by atoms with van der Waals surface area (Å²) in [6.45, 7) is 2.86. The number of aromatic hydroxyl groups is 1. The van der Waals surface area contributed by atoms with E-state index in [1.165, 1.54) is 18.1 Å². The predicted octanol–water partition coefficient (Wildman–Crippen LogP) is 2.95. The molecule has 0 spiro atoms. The Morgan fingerprint density at radius 3 is 2.35 bits per heavy atom. The Morgan fingerprint density at radius 2 is 1.81 bits per heavy atom. The molecule has 1 aliphatic heterocycles. The molecule has 164 valence electrons. The van der Waals surface area contributed by atoms with E-state index in [1.807, 2.05) is 38.1 Å². The third-order valence-electron chi connectivity index (χ3n) is 5.48. The van der Waals surface area contributed by atoms with Gasteiger partial charge in [0, 0.05) is 18.7 Å². The summed E-state index contributed by atoms with van der Waals surface area (Å²) in [4.78, 5) is 29.2. The number of amides is 1. The first-order valence-electron chi connectivity index (χ1n) is 10.2. The van der Waals surface area contributed by atoms with Crippen LogP contribution in [0.5, 0.6) is 11.5 Å². The lowest BCUT2D eigenvalue weighted by molar-refractivity contribution is -0.140. The maximum atomic E-state index is 13.0. The van der Waals surface area contributed by atoms with Crippen LogP contribution in [0.25, 0.3) is 5.76 Å². The van der Waals surface area contributed by atoms with E-state index in [9.17, 15) is 19.8 Å². The monoisotopic (exact) mass is 424 g/mol. The van der Waals surface area contributed by atoms with Crippen molar-refractivity contribution in [2.75, 3.05) is 34.3 Å². The number of ketones is 1. The number of Topliss-reactive ketones (excluding diaryl/α,β-unsaturated/α-hetero) is 1. The van der Waals surface area contributed by atoms with Crippen molar-refractivity contribution in [1.82, 2.24) is 9.80 Å². The van der Waals surface area contributed by atoms with E-state index >= 15 is 0 Å². The molecule has 1 saturated heterocycles. The van der Waals surface area contributed by atoms with Crippen LogP contribution in [-0.4, -0.2) is 66.0 Å².